The largest absolute Gasteiger partial charge is 0.495 e. The molecule has 3 rings (SSSR count). The highest BCUT2D eigenvalue weighted by Crippen LogP contribution is 2.35. The normalized spacial score (nSPS) is 10.5. The van der Waals surface area contributed by atoms with E-state index in [1.54, 1.807) is 24.3 Å². The van der Waals surface area contributed by atoms with Crippen molar-refractivity contribution >= 4 is 27.8 Å². The van der Waals surface area contributed by atoms with Crippen LogP contribution in [0.15, 0.2) is 39.4 Å². The minimum atomic E-state index is -0.399. The highest BCUT2D eigenvalue weighted by molar-refractivity contribution is 9.10. The number of aromatic nitrogens is 3. The Morgan fingerprint density at radius 3 is 2.58 bits per heavy atom. The van der Waals surface area contributed by atoms with E-state index in [0.29, 0.717) is 33.1 Å². The second-order valence-corrected chi connectivity index (χ2v) is 5.43. The van der Waals surface area contributed by atoms with Gasteiger partial charge in [0.1, 0.15) is 16.0 Å². The number of anilines is 1. The van der Waals surface area contributed by atoms with Gasteiger partial charge in [-0.05, 0) is 40.2 Å². The number of halogens is 1. The summed E-state index contributed by atoms with van der Waals surface area (Å²) in [4.78, 5) is 16.6. The van der Waals surface area contributed by atoms with Crippen LogP contribution in [0.25, 0.3) is 11.6 Å². The Morgan fingerprint density at radius 2 is 2.00 bits per heavy atom. The summed E-state index contributed by atoms with van der Waals surface area (Å²) in [5.74, 6) is 1.63. The molecule has 0 unspecified atom stereocenters. The van der Waals surface area contributed by atoms with Gasteiger partial charge in [-0.1, -0.05) is 0 Å². The van der Waals surface area contributed by atoms with Crippen molar-refractivity contribution in [3.63, 3.8) is 0 Å². The molecule has 0 aliphatic carbocycles. The van der Waals surface area contributed by atoms with Crippen molar-refractivity contribution in [2.45, 2.75) is 0 Å². The Balaban J connectivity index is 1.82. The average Bonchev–Trinajstić information content (AvgIpc) is 3.26. The van der Waals surface area contributed by atoms with Gasteiger partial charge in [0.05, 0.1) is 20.5 Å². The molecule has 0 radical (unpaired) electrons. The lowest BCUT2D eigenvalue weighted by Gasteiger charge is -2.10. The van der Waals surface area contributed by atoms with Crippen LogP contribution in [-0.2, 0) is 0 Å². The number of hydrogen-bond acceptors (Lipinski definition) is 6. The molecule has 0 spiro atoms. The third-order valence-corrected chi connectivity index (χ3v) is 3.95. The highest BCUT2D eigenvalue weighted by atomic mass is 79.9. The Bertz CT molecular complexity index is 835. The Morgan fingerprint density at radius 1 is 1.29 bits per heavy atom. The highest BCUT2D eigenvalue weighted by Gasteiger charge is 2.16. The first-order valence-corrected chi connectivity index (χ1v) is 7.61. The molecule has 1 amide bonds. The summed E-state index contributed by atoms with van der Waals surface area (Å²) in [6, 6.07) is 6.64. The number of aromatic amines is 1. The molecular formula is C15H13BrN4O4. The van der Waals surface area contributed by atoms with Crippen LogP contribution in [0.4, 0.5) is 5.95 Å². The lowest BCUT2D eigenvalue weighted by Crippen LogP contribution is -2.13. The topological polar surface area (TPSA) is 102 Å². The van der Waals surface area contributed by atoms with Crippen LogP contribution < -0.4 is 14.8 Å². The van der Waals surface area contributed by atoms with E-state index >= 15 is 0 Å². The number of hydrogen-bond donors (Lipinski definition) is 2. The summed E-state index contributed by atoms with van der Waals surface area (Å²) in [7, 11) is 3.01. The van der Waals surface area contributed by atoms with Crippen LogP contribution in [0.2, 0.25) is 0 Å². The molecule has 2 N–H and O–H groups in total. The molecule has 0 bridgehead atoms. The zero-order valence-corrected chi connectivity index (χ0v) is 14.4. The monoisotopic (exact) mass is 392 g/mol. The molecule has 1 aromatic carbocycles. The molecule has 2 heterocycles. The van der Waals surface area contributed by atoms with E-state index in [0.717, 1.165) is 0 Å². The average molecular weight is 393 g/mol. The van der Waals surface area contributed by atoms with Gasteiger partial charge in [0.15, 0.2) is 11.6 Å². The number of H-pyrrole nitrogens is 1. The SMILES string of the molecule is COc1cc(C(=O)Nc2n[nH]c(-c3ccco3)n2)cc(OC)c1Br. The molecule has 124 valence electrons. The number of amides is 1. The molecule has 9 heteroatoms. The lowest BCUT2D eigenvalue weighted by molar-refractivity contribution is 0.102. The number of carbonyl (C=O) groups is 1. The summed E-state index contributed by atoms with van der Waals surface area (Å²) in [6.07, 6.45) is 1.52. The molecule has 24 heavy (non-hydrogen) atoms. The minimum absolute atomic E-state index is 0.132. The second kappa shape index (κ2) is 6.75. The number of benzene rings is 1. The molecule has 2 aromatic heterocycles. The number of rotatable bonds is 5. The molecule has 0 fully saturated rings. The molecular weight excluding hydrogens is 380 g/mol. The number of furan rings is 1. The fourth-order valence-electron chi connectivity index (χ4n) is 2.02. The van der Waals surface area contributed by atoms with Crippen molar-refractivity contribution < 1.29 is 18.7 Å². The van der Waals surface area contributed by atoms with Gasteiger partial charge in [-0.15, -0.1) is 5.10 Å². The van der Waals surface area contributed by atoms with E-state index in [1.807, 2.05) is 0 Å². The number of nitrogens with zero attached hydrogens (tertiary/aromatic N) is 2. The van der Waals surface area contributed by atoms with Crippen LogP contribution in [0, 0.1) is 0 Å². The van der Waals surface area contributed by atoms with Crippen molar-refractivity contribution in [3.8, 4) is 23.1 Å². The van der Waals surface area contributed by atoms with E-state index < -0.39 is 5.91 Å². The third-order valence-electron chi connectivity index (χ3n) is 3.17. The molecule has 0 saturated carbocycles. The predicted molar refractivity (Wildman–Crippen MR) is 89.3 cm³/mol. The standard InChI is InChI=1S/C15H13BrN4O4/c1-22-10-6-8(7-11(23-2)12(10)16)14(21)18-15-17-13(19-20-15)9-4-3-5-24-9/h3-7H,1-2H3,(H2,17,18,19,20,21). The maximum absolute atomic E-state index is 12.4. The molecule has 0 saturated heterocycles. The van der Waals surface area contributed by atoms with Crippen LogP contribution in [0.1, 0.15) is 10.4 Å². The van der Waals surface area contributed by atoms with Gasteiger partial charge in [-0.2, -0.15) is 4.98 Å². The predicted octanol–water partition coefficient (Wildman–Crippen LogP) is 3.10. The minimum Gasteiger partial charge on any atom is -0.495 e. The Labute approximate surface area is 145 Å². The summed E-state index contributed by atoms with van der Waals surface area (Å²) >= 11 is 3.36. The van der Waals surface area contributed by atoms with E-state index in [9.17, 15) is 4.79 Å². The second-order valence-electron chi connectivity index (χ2n) is 4.63. The van der Waals surface area contributed by atoms with Crippen molar-refractivity contribution in [3.05, 3.63) is 40.6 Å². The zero-order valence-electron chi connectivity index (χ0n) is 12.8. The van der Waals surface area contributed by atoms with Gasteiger partial charge < -0.3 is 13.9 Å². The van der Waals surface area contributed by atoms with Gasteiger partial charge in [-0.3, -0.25) is 15.2 Å². The maximum Gasteiger partial charge on any atom is 0.258 e. The maximum atomic E-state index is 12.4. The van der Waals surface area contributed by atoms with E-state index in [1.165, 1.54) is 20.5 Å². The quantitative estimate of drug-likeness (QED) is 0.691. The molecule has 0 aliphatic heterocycles. The third kappa shape index (κ3) is 3.11. The number of ether oxygens (including phenoxy) is 2. The first-order valence-electron chi connectivity index (χ1n) is 6.81. The van der Waals surface area contributed by atoms with E-state index in [-0.39, 0.29) is 5.95 Å². The summed E-state index contributed by atoms with van der Waals surface area (Å²) in [5, 5.41) is 9.24. The molecule has 0 aliphatic rings. The van der Waals surface area contributed by atoms with E-state index in [2.05, 4.69) is 36.4 Å². The van der Waals surface area contributed by atoms with Gasteiger partial charge in [-0.25, -0.2) is 0 Å². The first kappa shape index (κ1) is 16.1. The summed E-state index contributed by atoms with van der Waals surface area (Å²) in [5.41, 5.74) is 0.344. The van der Waals surface area contributed by atoms with Gasteiger partial charge in [0.25, 0.3) is 5.91 Å². The van der Waals surface area contributed by atoms with Crippen molar-refractivity contribution in [1.82, 2.24) is 15.2 Å². The molecule has 3 aromatic rings. The van der Waals surface area contributed by atoms with Crippen LogP contribution in [0.3, 0.4) is 0 Å². The summed E-state index contributed by atoms with van der Waals surface area (Å²) < 4.78 is 16.3. The summed E-state index contributed by atoms with van der Waals surface area (Å²) in [6.45, 7) is 0. The van der Waals surface area contributed by atoms with Crippen LogP contribution >= 0.6 is 15.9 Å². The van der Waals surface area contributed by atoms with Crippen LogP contribution in [-0.4, -0.2) is 35.3 Å². The Hall–Kier alpha value is -2.81. The van der Waals surface area contributed by atoms with Crippen molar-refractivity contribution in [1.29, 1.82) is 0 Å². The van der Waals surface area contributed by atoms with Gasteiger partial charge in [0, 0.05) is 5.56 Å². The first-order chi connectivity index (χ1) is 11.6. The lowest BCUT2D eigenvalue weighted by atomic mass is 10.2. The van der Waals surface area contributed by atoms with Crippen LogP contribution in [0.5, 0.6) is 11.5 Å². The van der Waals surface area contributed by atoms with Gasteiger partial charge >= 0.3 is 0 Å². The van der Waals surface area contributed by atoms with Crippen molar-refractivity contribution in [2.75, 3.05) is 19.5 Å². The van der Waals surface area contributed by atoms with Crippen molar-refractivity contribution in [2.24, 2.45) is 0 Å². The number of nitrogens with one attached hydrogen (secondary N) is 2. The smallest absolute Gasteiger partial charge is 0.258 e. The van der Waals surface area contributed by atoms with E-state index in [4.69, 9.17) is 13.9 Å². The fraction of sp³-hybridized carbons (Fsp3) is 0.133. The fourth-order valence-corrected chi connectivity index (χ4v) is 2.57. The number of carbonyl (C=O) groups excluding carboxylic acids is 1. The van der Waals surface area contributed by atoms with Gasteiger partial charge in [0.2, 0.25) is 5.95 Å². The molecule has 0 atom stereocenters. The Kier molecular flexibility index (Phi) is 4.52. The number of methoxy groups -OCH3 is 2. The zero-order chi connectivity index (χ0) is 17.1. The molecule has 8 nitrogen and oxygen atoms in total.